The van der Waals surface area contributed by atoms with E-state index >= 15 is 0 Å². The summed E-state index contributed by atoms with van der Waals surface area (Å²) in [5, 5.41) is 19.3. The number of aliphatic hydroxyl groups is 1. The molecule has 1 aromatic carbocycles. The Morgan fingerprint density at radius 3 is 2.90 bits per heavy atom. The molecule has 1 aliphatic carbocycles. The van der Waals surface area contributed by atoms with Gasteiger partial charge in [-0.2, -0.15) is 5.26 Å². The minimum absolute atomic E-state index is 0.0244. The van der Waals surface area contributed by atoms with Crippen molar-refractivity contribution in [2.45, 2.75) is 38.3 Å². The van der Waals surface area contributed by atoms with Crippen molar-refractivity contribution in [1.82, 2.24) is 0 Å². The minimum atomic E-state index is -0.386. The first kappa shape index (κ1) is 13.4. The summed E-state index contributed by atoms with van der Waals surface area (Å²) in [6, 6.07) is 5.53. The Hall–Kier alpha value is -1.57. The molecule has 5 heteroatoms. The van der Waals surface area contributed by atoms with E-state index in [9.17, 15) is 9.90 Å². The maximum atomic E-state index is 12.3. The van der Waals surface area contributed by atoms with Crippen LogP contribution in [0.5, 0.6) is 0 Å². The molecule has 4 nitrogen and oxygen atoms in total. The van der Waals surface area contributed by atoms with Gasteiger partial charge in [0, 0.05) is 24.1 Å². The fourth-order valence-corrected chi connectivity index (χ4v) is 3.64. The lowest BCUT2D eigenvalue weighted by Gasteiger charge is -2.26. The molecule has 1 aliphatic heterocycles. The van der Waals surface area contributed by atoms with Gasteiger partial charge in [-0.3, -0.25) is 4.79 Å². The van der Waals surface area contributed by atoms with E-state index in [1.165, 1.54) is 0 Å². The molecule has 0 spiro atoms. The topological polar surface area (TPSA) is 64.3 Å². The zero-order valence-corrected chi connectivity index (χ0v) is 11.9. The van der Waals surface area contributed by atoms with E-state index < -0.39 is 0 Å². The van der Waals surface area contributed by atoms with E-state index in [0.29, 0.717) is 17.0 Å². The summed E-state index contributed by atoms with van der Waals surface area (Å²) < 4.78 is 0. The molecule has 0 radical (unpaired) electrons. The SMILES string of the molecule is Cc1c(N2C(=O)CC3C2CC[C@@H]3O)ccc(C#N)c1Cl. The molecule has 1 heterocycles. The molecule has 3 atom stereocenters. The van der Waals surface area contributed by atoms with Gasteiger partial charge in [-0.1, -0.05) is 11.6 Å². The monoisotopic (exact) mass is 290 g/mol. The Morgan fingerprint density at radius 2 is 2.20 bits per heavy atom. The summed E-state index contributed by atoms with van der Waals surface area (Å²) in [6.45, 7) is 1.82. The summed E-state index contributed by atoms with van der Waals surface area (Å²) in [5.41, 5.74) is 1.93. The lowest BCUT2D eigenvalue weighted by atomic mass is 10.0. The molecule has 1 aromatic rings. The van der Waals surface area contributed by atoms with Crippen LogP contribution in [0.1, 0.15) is 30.4 Å². The van der Waals surface area contributed by atoms with Gasteiger partial charge in [0.1, 0.15) is 6.07 Å². The number of aliphatic hydroxyl groups excluding tert-OH is 1. The van der Waals surface area contributed by atoms with Crippen molar-refractivity contribution in [2.75, 3.05) is 4.90 Å². The second-order valence-corrected chi connectivity index (χ2v) is 5.90. The highest BCUT2D eigenvalue weighted by molar-refractivity contribution is 6.33. The fraction of sp³-hybridized carbons (Fsp3) is 0.467. The van der Waals surface area contributed by atoms with Crippen LogP contribution in [0.2, 0.25) is 5.02 Å². The van der Waals surface area contributed by atoms with Crippen molar-refractivity contribution in [1.29, 1.82) is 5.26 Å². The van der Waals surface area contributed by atoms with Gasteiger partial charge in [0.05, 0.1) is 16.7 Å². The number of carbonyl (C=O) groups is 1. The largest absolute Gasteiger partial charge is 0.393 e. The standard InChI is InChI=1S/C15H15ClN2O2/c1-8-11(3-2-9(7-17)15(8)16)18-12-4-5-13(19)10(12)6-14(18)20/h2-3,10,12-13,19H,4-6H2,1H3/t10?,12?,13-/m0/s1. The summed E-state index contributed by atoms with van der Waals surface area (Å²) in [7, 11) is 0. The van der Waals surface area contributed by atoms with Crippen molar-refractivity contribution in [3.8, 4) is 6.07 Å². The van der Waals surface area contributed by atoms with Gasteiger partial charge >= 0.3 is 0 Å². The Kier molecular flexibility index (Phi) is 3.19. The number of fused-ring (bicyclic) bond motifs is 1. The zero-order chi connectivity index (χ0) is 14.4. The molecule has 2 unspecified atom stereocenters. The lowest BCUT2D eigenvalue weighted by Crippen LogP contribution is -2.34. The van der Waals surface area contributed by atoms with Gasteiger partial charge in [-0.15, -0.1) is 0 Å². The third-order valence-electron chi connectivity index (χ3n) is 4.50. The molecule has 104 valence electrons. The number of amides is 1. The molecule has 1 saturated heterocycles. The molecule has 0 bridgehead atoms. The van der Waals surface area contributed by atoms with Crippen molar-refractivity contribution < 1.29 is 9.90 Å². The second kappa shape index (κ2) is 4.76. The summed E-state index contributed by atoms with van der Waals surface area (Å²) in [5.74, 6) is 0.0546. The molecule has 20 heavy (non-hydrogen) atoms. The van der Waals surface area contributed by atoms with E-state index in [2.05, 4.69) is 0 Å². The first-order chi connectivity index (χ1) is 9.54. The zero-order valence-electron chi connectivity index (χ0n) is 11.1. The first-order valence-corrected chi connectivity index (χ1v) is 7.11. The number of carbonyl (C=O) groups excluding carboxylic acids is 1. The summed E-state index contributed by atoms with van der Waals surface area (Å²) in [4.78, 5) is 14.0. The highest BCUT2D eigenvalue weighted by Crippen LogP contribution is 2.43. The molecule has 3 rings (SSSR count). The van der Waals surface area contributed by atoms with Gasteiger partial charge in [-0.05, 0) is 37.5 Å². The van der Waals surface area contributed by atoms with Crippen molar-refractivity contribution in [2.24, 2.45) is 5.92 Å². The predicted molar refractivity (Wildman–Crippen MR) is 75.5 cm³/mol. The van der Waals surface area contributed by atoms with E-state index in [0.717, 1.165) is 24.1 Å². The second-order valence-electron chi connectivity index (χ2n) is 5.53. The summed E-state index contributed by atoms with van der Waals surface area (Å²) >= 11 is 6.19. The number of rotatable bonds is 1. The van der Waals surface area contributed by atoms with Gasteiger partial charge in [0.2, 0.25) is 5.91 Å². The molecular weight excluding hydrogens is 276 g/mol. The number of nitriles is 1. The van der Waals surface area contributed by atoms with Crippen LogP contribution in [0.4, 0.5) is 5.69 Å². The number of hydrogen-bond donors (Lipinski definition) is 1. The molecular formula is C15H15ClN2O2. The number of benzene rings is 1. The molecule has 2 aliphatic rings. The van der Waals surface area contributed by atoms with Gasteiger partial charge < -0.3 is 10.0 Å². The average molecular weight is 291 g/mol. The number of hydrogen-bond acceptors (Lipinski definition) is 3. The third kappa shape index (κ3) is 1.81. The predicted octanol–water partition coefficient (Wildman–Crippen LogP) is 2.40. The van der Waals surface area contributed by atoms with Crippen LogP contribution in [0, 0.1) is 24.2 Å². The van der Waals surface area contributed by atoms with Crippen molar-refractivity contribution >= 4 is 23.2 Å². The minimum Gasteiger partial charge on any atom is -0.393 e. The molecule has 2 fully saturated rings. The van der Waals surface area contributed by atoms with E-state index in [1.54, 1.807) is 17.0 Å². The number of anilines is 1. The van der Waals surface area contributed by atoms with E-state index in [4.69, 9.17) is 16.9 Å². The molecule has 0 aromatic heterocycles. The van der Waals surface area contributed by atoms with Crippen LogP contribution in [0.15, 0.2) is 12.1 Å². The van der Waals surface area contributed by atoms with Crippen LogP contribution in [-0.4, -0.2) is 23.2 Å². The van der Waals surface area contributed by atoms with Gasteiger partial charge in [0.25, 0.3) is 0 Å². The molecule has 1 saturated carbocycles. The van der Waals surface area contributed by atoms with Crippen molar-refractivity contribution in [3.63, 3.8) is 0 Å². The fourth-order valence-electron chi connectivity index (χ4n) is 3.44. The summed E-state index contributed by atoms with van der Waals surface area (Å²) in [6.07, 6.45) is 1.56. The molecule has 1 N–H and O–H groups in total. The number of nitrogens with zero attached hydrogens (tertiary/aromatic N) is 2. The van der Waals surface area contributed by atoms with Gasteiger partial charge in [0.15, 0.2) is 0 Å². The quantitative estimate of drug-likeness (QED) is 0.864. The van der Waals surface area contributed by atoms with Crippen LogP contribution >= 0.6 is 11.6 Å². The maximum Gasteiger partial charge on any atom is 0.227 e. The highest BCUT2D eigenvalue weighted by atomic mass is 35.5. The van der Waals surface area contributed by atoms with Crippen LogP contribution in [0.3, 0.4) is 0 Å². The molecule has 1 amide bonds. The van der Waals surface area contributed by atoms with E-state index in [-0.39, 0.29) is 24.0 Å². The third-order valence-corrected chi connectivity index (χ3v) is 4.98. The Morgan fingerprint density at radius 1 is 1.45 bits per heavy atom. The maximum absolute atomic E-state index is 12.3. The lowest BCUT2D eigenvalue weighted by molar-refractivity contribution is -0.117. The Labute approximate surface area is 122 Å². The van der Waals surface area contributed by atoms with Crippen molar-refractivity contribution in [3.05, 3.63) is 28.3 Å². The first-order valence-electron chi connectivity index (χ1n) is 6.74. The highest BCUT2D eigenvalue weighted by Gasteiger charge is 2.48. The Balaban J connectivity index is 2.04. The van der Waals surface area contributed by atoms with Crippen LogP contribution < -0.4 is 4.90 Å². The van der Waals surface area contributed by atoms with Crippen LogP contribution in [0.25, 0.3) is 0 Å². The van der Waals surface area contributed by atoms with Crippen LogP contribution in [-0.2, 0) is 4.79 Å². The normalized spacial score (nSPS) is 28.6. The average Bonchev–Trinajstić information content (AvgIpc) is 2.93. The van der Waals surface area contributed by atoms with E-state index in [1.807, 2.05) is 13.0 Å². The number of halogens is 1. The smallest absolute Gasteiger partial charge is 0.227 e. The Bertz CT molecular complexity index is 623. The van der Waals surface area contributed by atoms with Gasteiger partial charge in [-0.25, -0.2) is 0 Å².